The van der Waals surface area contributed by atoms with Crippen molar-refractivity contribution in [2.24, 2.45) is 0 Å². The lowest BCUT2D eigenvalue weighted by Gasteiger charge is -2.10. The highest BCUT2D eigenvalue weighted by molar-refractivity contribution is 5.77. The first-order chi connectivity index (χ1) is 7.69. The molecule has 5 heteroatoms. The first-order valence-electron chi connectivity index (χ1n) is 4.78. The molecule has 0 aromatic heterocycles. The number of carbonyl (C=O) groups is 2. The fourth-order valence-corrected chi connectivity index (χ4v) is 1.47. The second-order valence-electron chi connectivity index (χ2n) is 3.40. The SMILES string of the molecule is O=Cc1cc(F)cc(OC2CCOC2=O)c1. The Labute approximate surface area is 91.0 Å². The van der Waals surface area contributed by atoms with E-state index in [-0.39, 0.29) is 11.3 Å². The summed E-state index contributed by atoms with van der Waals surface area (Å²) in [7, 11) is 0. The molecule has 1 aromatic carbocycles. The monoisotopic (exact) mass is 224 g/mol. The summed E-state index contributed by atoms with van der Waals surface area (Å²) < 4.78 is 23.0. The molecular weight excluding hydrogens is 215 g/mol. The Morgan fingerprint density at radius 1 is 1.44 bits per heavy atom. The Kier molecular flexibility index (Phi) is 2.85. The number of hydrogen-bond donors (Lipinski definition) is 0. The Morgan fingerprint density at radius 3 is 2.88 bits per heavy atom. The fourth-order valence-electron chi connectivity index (χ4n) is 1.47. The van der Waals surface area contributed by atoms with Crippen LogP contribution in [-0.2, 0) is 9.53 Å². The van der Waals surface area contributed by atoms with E-state index >= 15 is 0 Å². The van der Waals surface area contributed by atoms with Crippen LogP contribution in [0.4, 0.5) is 4.39 Å². The van der Waals surface area contributed by atoms with E-state index in [0.717, 1.165) is 12.1 Å². The van der Waals surface area contributed by atoms with E-state index in [1.165, 1.54) is 6.07 Å². The zero-order chi connectivity index (χ0) is 11.5. The van der Waals surface area contributed by atoms with Gasteiger partial charge in [-0.1, -0.05) is 0 Å². The first-order valence-corrected chi connectivity index (χ1v) is 4.78. The van der Waals surface area contributed by atoms with Crippen LogP contribution in [0.3, 0.4) is 0 Å². The van der Waals surface area contributed by atoms with Gasteiger partial charge in [0.15, 0.2) is 6.10 Å². The highest BCUT2D eigenvalue weighted by atomic mass is 19.1. The largest absolute Gasteiger partial charge is 0.478 e. The molecule has 0 amide bonds. The minimum Gasteiger partial charge on any atom is -0.478 e. The Balaban J connectivity index is 2.17. The number of rotatable bonds is 3. The molecular formula is C11H9FO4. The zero-order valence-electron chi connectivity index (χ0n) is 8.31. The van der Waals surface area contributed by atoms with Crippen LogP contribution >= 0.6 is 0 Å². The standard InChI is InChI=1S/C11H9FO4/c12-8-3-7(6-13)4-9(5-8)16-10-1-2-15-11(10)14/h3-6,10H,1-2H2. The van der Waals surface area contributed by atoms with Crippen molar-refractivity contribution in [2.75, 3.05) is 6.61 Å². The molecule has 0 N–H and O–H groups in total. The van der Waals surface area contributed by atoms with Gasteiger partial charge >= 0.3 is 5.97 Å². The molecule has 1 aliphatic rings. The number of aldehydes is 1. The molecule has 0 aliphatic carbocycles. The van der Waals surface area contributed by atoms with E-state index in [2.05, 4.69) is 0 Å². The third-order valence-corrected chi connectivity index (χ3v) is 2.20. The van der Waals surface area contributed by atoms with Crippen molar-refractivity contribution in [1.29, 1.82) is 0 Å². The third-order valence-electron chi connectivity index (χ3n) is 2.20. The predicted molar refractivity (Wildman–Crippen MR) is 51.8 cm³/mol. The molecule has 1 aliphatic heterocycles. The summed E-state index contributed by atoms with van der Waals surface area (Å²) in [6.45, 7) is 0.305. The lowest BCUT2D eigenvalue weighted by atomic mass is 10.2. The van der Waals surface area contributed by atoms with Crippen LogP contribution in [0.5, 0.6) is 5.75 Å². The van der Waals surface area contributed by atoms with E-state index in [0.29, 0.717) is 19.3 Å². The van der Waals surface area contributed by atoms with Crippen LogP contribution in [0.2, 0.25) is 0 Å². The topological polar surface area (TPSA) is 52.6 Å². The molecule has 0 radical (unpaired) electrons. The number of halogens is 1. The van der Waals surface area contributed by atoms with Gasteiger partial charge in [0.2, 0.25) is 0 Å². The van der Waals surface area contributed by atoms with Gasteiger partial charge in [-0.05, 0) is 12.1 Å². The van der Waals surface area contributed by atoms with Crippen molar-refractivity contribution in [3.63, 3.8) is 0 Å². The molecule has 1 heterocycles. The van der Waals surface area contributed by atoms with E-state index in [1.54, 1.807) is 0 Å². The van der Waals surface area contributed by atoms with E-state index in [9.17, 15) is 14.0 Å². The molecule has 1 fully saturated rings. The molecule has 0 saturated carbocycles. The number of benzene rings is 1. The normalized spacial score (nSPS) is 19.3. The second kappa shape index (κ2) is 4.30. The van der Waals surface area contributed by atoms with Crippen LogP contribution in [0, 0.1) is 5.82 Å². The Hall–Kier alpha value is -1.91. The average molecular weight is 224 g/mol. The van der Waals surface area contributed by atoms with Crippen molar-refractivity contribution in [2.45, 2.75) is 12.5 Å². The average Bonchev–Trinajstić information content (AvgIpc) is 2.63. The molecule has 2 rings (SSSR count). The van der Waals surface area contributed by atoms with E-state index < -0.39 is 17.9 Å². The van der Waals surface area contributed by atoms with Gasteiger partial charge in [0.05, 0.1) is 6.61 Å². The van der Waals surface area contributed by atoms with Gasteiger partial charge in [-0.2, -0.15) is 0 Å². The molecule has 0 bridgehead atoms. The van der Waals surface area contributed by atoms with Crippen molar-refractivity contribution >= 4 is 12.3 Å². The lowest BCUT2D eigenvalue weighted by molar-refractivity contribution is -0.143. The predicted octanol–water partition coefficient (Wildman–Crippen LogP) is 1.33. The van der Waals surface area contributed by atoms with Crippen LogP contribution in [0.25, 0.3) is 0 Å². The summed E-state index contributed by atoms with van der Waals surface area (Å²) in [5.41, 5.74) is 0.168. The quantitative estimate of drug-likeness (QED) is 0.574. The summed E-state index contributed by atoms with van der Waals surface area (Å²) >= 11 is 0. The molecule has 0 spiro atoms. The second-order valence-corrected chi connectivity index (χ2v) is 3.40. The maximum atomic E-state index is 13.0. The van der Waals surface area contributed by atoms with Crippen molar-refractivity contribution in [1.82, 2.24) is 0 Å². The molecule has 1 atom stereocenters. The first kappa shape index (κ1) is 10.6. The van der Waals surface area contributed by atoms with Crippen LogP contribution in [0.15, 0.2) is 18.2 Å². The Morgan fingerprint density at radius 2 is 2.25 bits per heavy atom. The number of cyclic esters (lactones) is 1. The highest BCUT2D eigenvalue weighted by Crippen LogP contribution is 2.20. The maximum absolute atomic E-state index is 13.0. The molecule has 16 heavy (non-hydrogen) atoms. The smallest absolute Gasteiger partial charge is 0.347 e. The van der Waals surface area contributed by atoms with Gasteiger partial charge in [0.1, 0.15) is 17.9 Å². The van der Waals surface area contributed by atoms with Crippen LogP contribution < -0.4 is 4.74 Å². The van der Waals surface area contributed by atoms with Gasteiger partial charge in [-0.3, -0.25) is 4.79 Å². The minimum absolute atomic E-state index is 0.158. The lowest BCUT2D eigenvalue weighted by Crippen LogP contribution is -2.21. The van der Waals surface area contributed by atoms with Gasteiger partial charge in [-0.15, -0.1) is 0 Å². The molecule has 1 saturated heterocycles. The van der Waals surface area contributed by atoms with Crippen LogP contribution in [-0.4, -0.2) is 25.0 Å². The highest BCUT2D eigenvalue weighted by Gasteiger charge is 2.28. The summed E-state index contributed by atoms with van der Waals surface area (Å²) in [5, 5.41) is 0. The molecule has 84 valence electrons. The van der Waals surface area contributed by atoms with Gasteiger partial charge < -0.3 is 9.47 Å². The fraction of sp³-hybridized carbons (Fsp3) is 0.273. The summed E-state index contributed by atoms with van der Waals surface area (Å²) in [6.07, 6.45) is 0.246. The zero-order valence-corrected chi connectivity index (χ0v) is 8.31. The number of esters is 1. The number of hydrogen-bond acceptors (Lipinski definition) is 4. The van der Waals surface area contributed by atoms with Crippen molar-refractivity contribution in [3.8, 4) is 5.75 Å². The third kappa shape index (κ3) is 2.18. The number of carbonyl (C=O) groups excluding carboxylic acids is 2. The maximum Gasteiger partial charge on any atom is 0.347 e. The Bertz CT molecular complexity index is 430. The van der Waals surface area contributed by atoms with Gasteiger partial charge in [0.25, 0.3) is 0 Å². The molecule has 4 nitrogen and oxygen atoms in total. The molecule has 1 aromatic rings. The minimum atomic E-state index is -0.707. The summed E-state index contributed by atoms with van der Waals surface area (Å²) in [5.74, 6) is -0.881. The summed E-state index contributed by atoms with van der Waals surface area (Å²) in [4.78, 5) is 21.6. The van der Waals surface area contributed by atoms with E-state index in [4.69, 9.17) is 9.47 Å². The van der Waals surface area contributed by atoms with Crippen LogP contribution in [0.1, 0.15) is 16.8 Å². The van der Waals surface area contributed by atoms with Gasteiger partial charge in [-0.25, -0.2) is 9.18 Å². The van der Waals surface area contributed by atoms with Gasteiger partial charge in [0, 0.05) is 18.1 Å². The summed E-state index contributed by atoms with van der Waals surface area (Å²) in [6, 6.07) is 3.59. The number of ether oxygens (including phenoxy) is 2. The molecule has 1 unspecified atom stereocenters. The van der Waals surface area contributed by atoms with E-state index in [1.807, 2.05) is 0 Å². The van der Waals surface area contributed by atoms with Crippen molar-refractivity contribution in [3.05, 3.63) is 29.6 Å². The van der Waals surface area contributed by atoms with Crippen molar-refractivity contribution < 1.29 is 23.5 Å².